The van der Waals surface area contributed by atoms with E-state index in [-0.39, 0.29) is 24.5 Å². The minimum Gasteiger partial charge on any atom is -0.464 e. The van der Waals surface area contributed by atoms with Gasteiger partial charge in [-0.2, -0.15) is 0 Å². The molecule has 0 aliphatic rings. The summed E-state index contributed by atoms with van der Waals surface area (Å²) in [5, 5.41) is 2.90. The third kappa shape index (κ3) is 3.89. The van der Waals surface area contributed by atoms with E-state index < -0.39 is 18.5 Å². The maximum atomic E-state index is 12.7. The molecule has 0 saturated carbocycles. The van der Waals surface area contributed by atoms with Crippen LogP contribution in [-0.4, -0.2) is 35.9 Å². The van der Waals surface area contributed by atoms with E-state index in [1.165, 1.54) is 0 Å². The topological polar surface area (TPSA) is 98.6 Å². The number of H-pyrrole nitrogens is 1. The van der Waals surface area contributed by atoms with Crippen LogP contribution in [0.3, 0.4) is 0 Å². The molecule has 0 aliphatic carbocycles. The summed E-state index contributed by atoms with van der Waals surface area (Å²) in [6, 6.07) is 11.7. The van der Waals surface area contributed by atoms with Crippen molar-refractivity contribution in [3.05, 3.63) is 70.7 Å². The number of hydrogen-bond donors (Lipinski definition) is 1. The fourth-order valence-electron chi connectivity index (χ4n) is 4.00. The molecule has 32 heavy (non-hydrogen) atoms. The van der Waals surface area contributed by atoms with Gasteiger partial charge in [0.05, 0.1) is 19.3 Å². The van der Waals surface area contributed by atoms with Crippen LogP contribution in [0.1, 0.15) is 44.6 Å². The Hall–Kier alpha value is -3.87. The summed E-state index contributed by atoms with van der Waals surface area (Å²) in [6.45, 7) is 4.87. The zero-order chi connectivity index (χ0) is 22.8. The number of esters is 2. The smallest absolute Gasteiger partial charge is 0.355 e. The molecule has 4 aromatic rings. The quantitative estimate of drug-likeness (QED) is 0.336. The fourth-order valence-corrected chi connectivity index (χ4v) is 4.00. The maximum Gasteiger partial charge on any atom is 0.355 e. The summed E-state index contributed by atoms with van der Waals surface area (Å²) < 4.78 is 15.9. The normalized spacial score (nSPS) is 11.1. The zero-order valence-electron chi connectivity index (χ0n) is 18.1. The predicted octanol–water partition coefficient (Wildman–Crippen LogP) is 4.68. The van der Waals surface area contributed by atoms with Crippen molar-refractivity contribution < 1.29 is 28.3 Å². The van der Waals surface area contributed by atoms with E-state index in [2.05, 4.69) is 4.98 Å². The van der Waals surface area contributed by atoms with Crippen LogP contribution in [0.5, 0.6) is 0 Å². The van der Waals surface area contributed by atoms with Gasteiger partial charge in [0, 0.05) is 22.2 Å². The molecule has 7 nitrogen and oxygen atoms in total. The number of ether oxygens (including phenoxy) is 2. The Balaban J connectivity index is 1.48. The van der Waals surface area contributed by atoms with Gasteiger partial charge in [-0.1, -0.05) is 30.3 Å². The van der Waals surface area contributed by atoms with E-state index >= 15 is 0 Å². The number of Topliss-reactive ketones (excluding diaryl/α,β-unsaturated/α-hetero) is 1. The summed E-state index contributed by atoms with van der Waals surface area (Å²) in [5.41, 5.74) is 2.96. The monoisotopic (exact) mass is 433 g/mol. The Bertz CT molecular complexity index is 1340. The third-order valence-electron chi connectivity index (χ3n) is 5.43. The molecule has 0 spiro atoms. The number of aryl methyl sites for hydroxylation is 1. The van der Waals surface area contributed by atoms with Crippen molar-refractivity contribution >= 4 is 39.5 Å². The van der Waals surface area contributed by atoms with Crippen molar-refractivity contribution in [1.29, 1.82) is 0 Å². The highest BCUT2D eigenvalue weighted by molar-refractivity contribution is 6.08. The number of rotatable bonds is 7. The number of carbonyl (C=O) groups is 3. The summed E-state index contributed by atoms with van der Waals surface area (Å²) >= 11 is 0. The average Bonchev–Trinajstić information content (AvgIpc) is 3.32. The largest absolute Gasteiger partial charge is 0.464 e. The minimum atomic E-state index is -0.537. The molecule has 0 bridgehead atoms. The van der Waals surface area contributed by atoms with Crippen LogP contribution in [0.4, 0.5) is 0 Å². The molecule has 0 atom stereocenters. The van der Waals surface area contributed by atoms with Gasteiger partial charge in [-0.15, -0.1) is 0 Å². The number of aromatic amines is 1. The van der Waals surface area contributed by atoms with Crippen LogP contribution in [-0.2, 0) is 20.7 Å². The first-order chi connectivity index (χ1) is 15.4. The highest BCUT2D eigenvalue weighted by Gasteiger charge is 2.24. The summed E-state index contributed by atoms with van der Waals surface area (Å²) in [6.07, 6.45) is 1.53. The number of hydrogen-bond acceptors (Lipinski definition) is 6. The van der Waals surface area contributed by atoms with Gasteiger partial charge in [-0.25, -0.2) is 4.79 Å². The number of nitrogens with one attached hydrogen (secondary N) is 1. The Labute approximate surface area is 184 Å². The fraction of sp³-hybridized carbons (Fsp3) is 0.240. The number of furan rings is 1. The average molecular weight is 433 g/mol. The zero-order valence-corrected chi connectivity index (χ0v) is 18.1. The lowest BCUT2D eigenvalue weighted by Crippen LogP contribution is -2.16. The highest BCUT2D eigenvalue weighted by Crippen LogP contribution is 2.30. The number of carbonyl (C=O) groups excluding carboxylic acids is 3. The van der Waals surface area contributed by atoms with Crippen molar-refractivity contribution in [2.45, 2.75) is 27.2 Å². The van der Waals surface area contributed by atoms with Crippen molar-refractivity contribution in [1.82, 2.24) is 4.98 Å². The number of ketones is 1. The van der Waals surface area contributed by atoms with Crippen LogP contribution in [0, 0.1) is 13.8 Å². The molecule has 4 rings (SSSR count). The third-order valence-corrected chi connectivity index (χ3v) is 5.43. The summed E-state index contributed by atoms with van der Waals surface area (Å²) in [7, 11) is 0. The van der Waals surface area contributed by atoms with Gasteiger partial charge in [-0.3, -0.25) is 9.59 Å². The molecule has 7 heteroatoms. The van der Waals surface area contributed by atoms with E-state index in [4.69, 9.17) is 13.9 Å². The van der Waals surface area contributed by atoms with Gasteiger partial charge >= 0.3 is 11.9 Å². The molecule has 0 aliphatic heterocycles. The Morgan fingerprint density at radius 2 is 1.81 bits per heavy atom. The second-order valence-corrected chi connectivity index (χ2v) is 7.53. The molecule has 0 fully saturated rings. The van der Waals surface area contributed by atoms with Crippen molar-refractivity contribution in [2.75, 3.05) is 13.2 Å². The lowest BCUT2D eigenvalue weighted by molar-refractivity contribution is -0.141. The van der Waals surface area contributed by atoms with E-state index in [9.17, 15) is 14.4 Å². The van der Waals surface area contributed by atoms with Gasteiger partial charge in [0.1, 0.15) is 11.3 Å². The highest BCUT2D eigenvalue weighted by atomic mass is 16.5. The van der Waals surface area contributed by atoms with E-state index in [1.807, 2.05) is 36.4 Å². The number of aromatic nitrogens is 1. The lowest BCUT2D eigenvalue weighted by Gasteiger charge is -2.06. The first-order valence-corrected chi connectivity index (χ1v) is 10.3. The van der Waals surface area contributed by atoms with Crippen LogP contribution < -0.4 is 0 Å². The second-order valence-electron chi connectivity index (χ2n) is 7.53. The van der Waals surface area contributed by atoms with Gasteiger partial charge in [0.2, 0.25) is 5.78 Å². The molecule has 0 unspecified atom stereocenters. The second kappa shape index (κ2) is 8.70. The van der Waals surface area contributed by atoms with Gasteiger partial charge in [0.15, 0.2) is 6.61 Å². The summed E-state index contributed by atoms with van der Waals surface area (Å²) in [4.78, 5) is 40.1. The van der Waals surface area contributed by atoms with Crippen LogP contribution in [0.15, 0.2) is 47.1 Å². The van der Waals surface area contributed by atoms with Gasteiger partial charge < -0.3 is 18.9 Å². The minimum absolute atomic E-state index is 0.0204. The predicted molar refractivity (Wildman–Crippen MR) is 119 cm³/mol. The number of benzene rings is 2. The van der Waals surface area contributed by atoms with E-state index in [0.717, 1.165) is 16.2 Å². The number of fused-ring (bicyclic) bond motifs is 3. The molecule has 2 aromatic heterocycles. The Kier molecular flexibility index (Phi) is 5.81. The molecule has 2 heterocycles. The van der Waals surface area contributed by atoms with E-state index in [1.54, 1.807) is 27.0 Å². The van der Waals surface area contributed by atoms with Crippen molar-refractivity contribution in [3.8, 4) is 0 Å². The molecular weight excluding hydrogens is 410 g/mol. The van der Waals surface area contributed by atoms with Crippen LogP contribution in [0.25, 0.3) is 21.7 Å². The van der Waals surface area contributed by atoms with E-state index in [0.29, 0.717) is 28.0 Å². The Morgan fingerprint density at radius 3 is 2.59 bits per heavy atom. The Morgan fingerprint density at radius 1 is 1.03 bits per heavy atom. The SMILES string of the molecule is CCOC(=O)c1[nH]c(C)c(C(=O)COC(=O)Cc2coc3ccc4ccccc4c23)c1C. The van der Waals surface area contributed by atoms with Crippen LogP contribution in [0.2, 0.25) is 0 Å². The molecule has 0 saturated heterocycles. The van der Waals surface area contributed by atoms with Crippen molar-refractivity contribution in [3.63, 3.8) is 0 Å². The van der Waals surface area contributed by atoms with Crippen molar-refractivity contribution in [2.24, 2.45) is 0 Å². The first kappa shape index (κ1) is 21.4. The molecule has 0 amide bonds. The molecule has 0 radical (unpaired) electrons. The molecule has 2 aromatic carbocycles. The van der Waals surface area contributed by atoms with Gasteiger partial charge in [-0.05, 0) is 43.2 Å². The van der Waals surface area contributed by atoms with Crippen LogP contribution >= 0.6 is 0 Å². The molecule has 1 N–H and O–H groups in total. The lowest BCUT2D eigenvalue weighted by atomic mass is 10.0. The molecule has 164 valence electrons. The summed E-state index contributed by atoms with van der Waals surface area (Å²) in [5.74, 6) is -1.45. The standard InChI is InChI=1S/C25H23NO6/c1-4-30-25(29)24-14(2)22(15(3)26-24)19(27)13-32-21(28)11-17-12-31-20-10-9-16-7-5-6-8-18(16)23(17)20/h5-10,12,26H,4,11,13H2,1-3H3. The first-order valence-electron chi connectivity index (χ1n) is 10.3. The van der Waals surface area contributed by atoms with Gasteiger partial charge in [0.25, 0.3) is 0 Å². The maximum absolute atomic E-state index is 12.7. The molecular formula is C25H23NO6.